The van der Waals surface area contributed by atoms with E-state index in [9.17, 15) is 15.0 Å². The Bertz CT molecular complexity index is 250. The average Bonchev–Trinajstić information content (AvgIpc) is 2.11. The first kappa shape index (κ1) is 15.1. The van der Waals surface area contributed by atoms with E-state index in [0.717, 1.165) is 5.57 Å². The molecule has 4 heteroatoms. The molecule has 0 amide bonds. The highest BCUT2D eigenvalue weighted by molar-refractivity contribution is 5.66. The fraction of sp³-hybridized carbons (Fsp3) is 0.750. The van der Waals surface area contributed by atoms with Gasteiger partial charge in [0.2, 0.25) is 0 Å². The van der Waals surface area contributed by atoms with Gasteiger partial charge < -0.3 is 14.9 Å². The maximum Gasteiger partial charge on any atom is 0.302 e. The van der Waals surface area contributed by atoms with E-state index < -0.39 is 11.7 Å². The summed E-state index contributed by atoms with van der Waals surface area (Å²) in [4.78, 5) is 10.5. The van der Waals surface area contributed by atoms with E-state index in [2.05, 4.69) is 0 Å². The molecule has 0 aromatic carbocycles. The summed E-state index contributed by atoms with van der Waals surface area (Å²) < 4.78 is 4.76. The predicted octanol–water partition coefficient (Wildman–Crippen LogP) is 1.41. The third-order valence-electron chi connectivity index (χ3n) is 2.35. The van der Waals surface area contributed by atoms with E-state index in [1.807, 2.05) is 6.92 Å². The lowest BCUT2D eigenvalue weighted by atomic mass is 9.96. The van der Waals surface area contributed by atoms with Crippen LogP contribution in [0.1, 0.15) is 40.5 Å². The Hall–Kier alpha value is -0.870. The highest BCUT2D eigenvalue weighted by Gasteiger charge is 2.23. The number of carbonyl (C=O) groups is 1. The van der Waals surface area contributed by atoms with Crippen molar-refractivity contribution in [3.05, 3.63) is 11.6 Å². The van der Waals surface area contributed by atoms with Gasteiger partial charge in [-0.2, -0.15) is 0 Å². The number of hydrogen-bond donors (Lipinski definition) is 2. The van der Waals surface area contributed by atoms with E-state index in [4.69, 9.17) is 4.74 Å². The van der Waals surface area contributed by atoms with E-state index in [-0.39, 0.29) is 12.6 Å². The second-order valence-electron chi connectivity index (χ2n) is 4.56. The van der Waals surface area contributed by atoms with Gasteiger partial charge in [0.25, 0.3) is 0 Å². The summed E-state index contributed by atoms with van der Waals surface area (Å²) >= 11 is 0. The van der Waals surface area contributed by atoms with Crippen LogP contribution in [0, 0.1) is 0 Å². The minimum Gasteiger partial charge on any atom is -0.462 e. The lowest BCUT2D eigenvalue weighted by molar-refractivity contribution is -0.139. The van der Waals surface area contributed by atoms with E-state index >= 15 is 0 Å². The van der Waals surface area contributed by atoms with Crippen molar-refractivity contribution in [2.24, 2.45) is 0 Å². The molecule has 0 unspecified atom stereocenters. The molecule has 0 fully saturated rings. The van der Waals surface area contributed by atoms with E-state index in [1.165, 1.54) is 6.92 Å². The average molecular weight is 230 g/mol. The minimum absolute atomic E-state index is 0.264. The van der Waals surface area contributed by atoms with Crippen molar-refractivity contribution in [2.45, 2.75) is 52.2 Å². The van der Waals surface area contributed by atoms with Crippen LogP contribution in [0.15, 0.2) is 11.6 Å². The molecule has 1 atom stereocenters. The van der Waals surface area contributed by atoms with Crippen LogP contribution in [0.5, 0.6) is 0 Å². The molecular formula is C12H22O4. The molecule has 0 rings (SSSR count). The number of carbonyl (C=O) groups excluding carboxylic acids is 1. The maximum absolute atomic E-state index is 10.5. The van der Waals surface area contributed by atoms with Gasteiger partial charge in [0.15, 0.2) is 0 Å². The molecule has 0 aliphatic heterocycles. The first-order chi connectivity index (χ1) is 7.23. The van der Waals surface area contributed by atoms with Gasteiger partial charge in [-0.1, -0.05) is 5.57 Å². The smallest absolute Gasteiger partial charge is 0.302 e. The van der Waals surface area contributed by atoms with E-state index in [1.54, 1.807) is 19.9 Å². The third-order valence-corrected chi connectivity index (χ3v) is 2.35. The number of rotatable bonds is 6. The summed E-state index contributed by atoms with van der Waals surface area (Å²) in [5.74, 6) is -0.305. The third kappa shape index (κ3) is 7.43. The largest absolute Gasteiger partial charge is 0.462 e. The van der Waals surface area contributed by atoms with Crippen molar-refractivity contribution in [3.63, 3.8) is 0 Å². The fourth-order valence-electron chi connectivity index (χ4n) is 1.12. The number of aliphatic hydroxyl groups is 2. The van der Waals surface area contributed by atoms with Crippen LogP contribution < -0.4 is 0 Å². The van der Waals surface area contributed by atoms with Crippen molar-refractivity contribution < 1.29 is 19.7 Å². The molecule has 0 aliphatic rings. The van der Waals surface area contributed by atoms with E-state index in [0.29, 0.717) is 12.8 Å². The molecule has 0 heterocycles. The van der Waals surface area contributed by atoms with Crippen LogP contribution >= 0.6 is 0 Å². The van der Waals surface area contributed by atoms with Crippen molar-refractivity contribution >= 4 is 5.97 Å². The number of hydrogen-bond acceptors (Lipinski definition) is 4. The minimum atomic E-state index is -1.07. The Kier molecular flexibility index (Phi) is 6.29. The quantitative estimate of drug-likeness (QED) is 0.535. The predicted molar refractivity (Wildman–Crippen MR) is 61.9 cm³/mol. The first-order valence-electron chi connectivity index (χ1n) is 5.43. The Balaban J connectivity index is 3.88. The van der Waals surface area contributed by atoms with Gasteiger partial charge in [-0.15, -0.1) is 0 Å². The molecular weight excluding hydrogens is 208 g/mol. The lowest BCUT2D eigenvalue weighted by Gasteiger charge is -2.24. The van der Waals surface area contributed by atoms with Gasteiger partial charge in [-0.05, 0) is 39.7 Å². The zero-order valence-electron chi connectivity index (χ0n) is 10.5. The number of esters is 1. The van der Waals surface area contributed by atoms with Crippen LogP contribution in [-0.4, -0.2) is 34.5 Å². The lowest BCUT2D eigenvalue weighted by Crippen LogP contribution is -2.35. The van der Waals surface area contributed by atoms with Gasteiger partial charge in [0, 0.05) is 6.92 Å². The SMILES string of the molecule is CC(=O)OC/C=C(/C)CC[C@@H](O)C(C)(C)O. The standard InChI is InChI=1S/C12H22O4/c1-9(7-8-16-10(2)13)5-6-11(14)12(3,4)15/h7,11,14-15H,5-6,8H2,1-4H3/b9-7-/t11-/m1/s1. The zero-order chi connectivity index (χ0) is 12.8. The summed E-state index contributed by atoms with van der Waals surface area (Å²) in [5.41, 5.74) is -0.0413. The molecule has 0 saturated heterocycles. The summed E-state index contributed by atoms with van der Waals surface area (Å²) in [7, 11) is 0. The molecule has 2 N–H and O–H groups in total. The van der Waals surface area contributed by atoms with Crippen LogP contribution in [0.4, 0.5) is 0 Å². The normalized spacial score (nSPS) is 14.8. The molecule has 94 valence electrons. The molecule has 4 nitrogen and oxygen atoms in total. The number of allylic oxidation sites excluding steroid dienone is 1. The summed E-state index contributed by atoms with van der Waals surface area (Å²) in [6.45, 7) is 6.69. The molecule has 0 aromatic rings. The Morgan fingerprint density at radius 3 is 2.44 bits per heavy atom. The first-order valence-corrected chi connectivity index (χ1v) is 5.43. The van der Waals surface area contributed by atoms with Gasteiger partial charge in [-0.25, -0.2) is 0 Å². The van der Waals surface area contributed by atoms with Crippen LogP contribution in [0.3, 0.4) is 0 Å². The Labute approximate surface area is 96.9 Å². The molecule has 0 bridgehead atoms. The van der Waals surface area contributed by atoms with Gasteiger partial charge in [0.05, 0.1) is 11.7 Å². The summed E-state index contributed by atoms with van der Waals surface area (Å²) in [5, 5.41) is 19.1. The van der Waals surface area contributed by atoms with Gasteiger partial charge in [-0.3, -0.25) is 4.79 Å². The Morgan fingerprint density at radius 2 is 2.00 bits per heavy atom. The van der Waals surface area contributed by atoms with Crippen LogP contribution in [0.25, 0.3) is 0 Å². The van der Waals surface area contributed by atoms with Gasteiger partial charge >= 0.3 is 5.97 Å². The molecule has 0 aliphatic carbocycles. The number of aliphatic hydroxyl groups excluding tert-OH is 1. The molecule has 0 saturated carbocycles. The second kappa shape index (κ2) is 6.66. The highest BCUT2D eigenvalue weighted by Crippen LogP contribution is 2.16. The molecule has 16 heavy (non-hydrogen) atoms. The Morgan fingerprint density at radius 1 is 1.44 bits per heavy atom. The second-order valence-corrected chi connectivity index (χ2v) is 4.56. The number of ether oxygens (including phenoxy) is 1. The van der Waals surface area contributed by atoms with Crippen molar-refractivity contribution in [1.82, 2.24) is 0 Å². The molecule has 0 aromatic heterocycles. The van der Waals surface area contributed by atoms with Crippen molar-refractivity contribution in [3.8, 4) is 0 Å². The maximum atomic E-state index is 10.5. The monoisotopic (exact) mass is 230 g/mol. The van der Waals surface area contributed by atoms with Crippen LogP contribution in [0.2, 0.25) is 0 Å². The topological polar surface area (TPSA) is 66.8 Å². The van der Waals surface area contributed by atoms with Gasteiger partial charge in [0.1, 0.15) is 6.61 Å². The highest BCUT2D eigenvalue weighted by atomic mass is 16.5. The molecule has 0 radical (unpaired) electrons. The van der Waals surface area contributed by atoms with Crippen LogP contribution in [-0.2, 0) is 9.53 Å². The summed E-state index contributed by atoms with van der Waals surface area (Å²) in [6, 6.07) is 0. The fourth-order valence-corrected chi connectivity index (χ4v) is 1.12. The summed E-state index contributed by atoms with van der Waals surface area (Å²) in [6.07, 6.45) is 2.22. The molecule has 0 spiro atoms. The zero-order valence-corrected chi connectivity index (χ0v) is 10.5. The van der Waals surface area contributed by atoms with Crippen molar-refractivity contribution in [2.75, 3.05) is 6.61 Å². The van der Waals surface area contributed by atoms with Crippen molar-refractivity contribution in [1.29, 1.82) is 0 Å².